The van der Waals surface area contributed by atoms with E-state index in [1.54, 1.807) is 35.4 Å². The number of urea groups is 1. The van der Waals surface area contributed by atoms with E-state index in [4.69, 9.17) is 4.74 Å². The SMILES string of the molecule is CCCN(C(=O)N(CCOC)C(C)C)c1cncc(CO)c1. The Morgan fingerprint density at radius 3 is 2.64 bits per heavy atom. The average Bonchev–Trinajstić information content (AvgIpc) is 2.52. The predicted molar refractivity (Wildman–Crippen MR) is 86.9 cm³/mol. The van der Waals surface area contributed by atoms with Gasteiger partial charge in [-0.05, 0) is 31.9 Å². The number of rotatable bonds is 8. The lowest BCUT2D eigenvalue weighted by Crippen LogP contribution is -2.48. The number of aliphatic hydroxyl groups excluding tert-OH is 1. The summed E-state index contributed by atoms with van der Waals surface area (Å²) in [5.74, 6) is 0. The van der Waals surface area contributed by atoms with Gasteiger partial charge in [-0.25, -0.2) is 4.79 Å². The van der Waals surface area contributed by atoms with Crippen LogP contribution in [-0.4, -0.2) is 53.9 Å². The normalized spacial score (nSPS) is 10.8. The fourth-order valence-electron chi connectivity index (χ4n) is 2.19. The zero-order valence-corrected chi connectivity index (χ0v) is 14.0. The van der Waals surface area contributed by atoms with Gasteiger partial charge in [0.2, 0.25) is 0 Å². The summed E-state index contributed by atoms with van der Waals surface area (Å²) < 4.78 is 5.10. The molecule has 1 aromatic heterocycles. The summed E-state index contributed by atoms with van der Waals surface area (Å²) in [5, 5.41) is 9.26. The number of aromatic nitrogens is 1. The van der Waals surface area contributed by atoms with E-state index in [9.17, 15) is 9.90 Å². The van der Waals surface area contributed by atoms with Crippen LogP contribution in [0.3, 0.4) is 0 Å². The molecule has 0 spiro atoms. The Balaban J connectivity index is 3.02. The third kappa shape index (κ3) is 4.96. The maximum atomic E-state index is 12.9. The van der Waals surface area contributed by atoms with Crippen molar-refractivity contribution in [3.05, 3.63) is 24.0 Å². The topological polar surface area (TPSA) is 65.9 Å². The van der Waals surface area contributed by atoms with Crippen LogP contribution in [0.25, 0.3) is 0 Å². The second-order valence-electron chi connectivity index (χ2n) is 5.42. The maximum absolute atomic E-state index is 12.9. The molecule has 0 bridgehead atoms. The Kier molecular flexibility index (Phi) is 7.84. The molecule has 1 heterocycles. The number of anilines is 1. The minimum atomic E-state index is -0.0907. The summed E-state index contributed by atoms with van der Waals surface area (Å²) in [6.07, 6.45) is 4.09. The van der Waals surface area contributed by atoms with E-state index in [0.29, 0.717) is 30.9 Å². The smallest absolute Gasteiger partial charge is 0.324 e. The first-order valence-corrected chi connectivity index (χ1v) is 7.67. The molecule has 1 rings (SSSR count). The van der Waals surface area contributed by atoms with Crippen LogP contribution in [0.4, 0.5) is 10.5 Å². The third-order valence-electron chi connectivity index (χ3n) is 3.36. The first-order valence-electron chi connectivity index (χ1n) is 7.67. The molecule has 6 heteroatoms. The first kappa shape index (κ1) is 18.4. The van der Waals surface area contributed by atoms with Crippen LogP contribution in [-0.2, 0) is 11.3 Å². The molecule has 0 saturated carbocycles. The molecule has 124 valence electrons. The number of methoxy groups -OCH3 is 1. The van der Waals surface area contributed by atoms with E-state index < -0.39 is 0 Å². The third-order valence-corrected chi connectivity index (χ3v) is 3.36. The van der Waals surface area contributed by atoms with Crippen molar-refractivity contribution in [2.45, 2.75) is 39.8 Å². The molecule has 0 fully saturated rings. The number of nitrogens with zero attached hydrogens (tertiary/aromatic N) is 3. The zero-order valence-electron chi connectivity index (χ0n) is 14.0. The second-order valence-corrected chi connectivity index (χ2v) is 5.42. The molecule has 0 radical (unpaired) electrons. The first-order chi connectivity index (χ1) is 10.5. The highest BCUT2D eigenvalue weighted by Crippen LogP contribution is 2.18. The molecule has 2 amide bonds. The van der Waals surface area contributed by atoms with Crippen LogP contribution < -0.4 is 4.90 Å². The van der Waals surface area contributed by atoms with Crippen molar-refractivity contribution < 1.29 is 14.6 Å². The van der Waals surface area contributed by atoms with Gasteiger partial charge in [0.25, 0.3) is 0 Å². The molecule has 0 aliphatic rings. The van der Waals surface area contributed by atoms with E-state index in [-0.39, 0.29) is 18.7 Å². The van der Waals surface area contributed by atoms with Crippen LogP contribution in [0.5, 0.6) is 0 Å². The number of amides is 2. The Hall–Kier alpha value is -1.66. The standard InChI is InChI=1S/C16H27N3O3/c1-5-6-19(15-9-14(12-20)10-17-11-15)16(21)18(13(2)3)7-8-22-4/h9-11,13,20H,5-8,12H2,1-4H3. The molecule has 0 unspecified atom stereocenters. The van der Waals surface area contributed by atoms with Gasteiger partial charge in [-0.3, -0.25) is 9.88 Å². The summed E-state index contributed by atoms with van der Waals surface area (Å²) in [7, 11) is 1.63. The Morgan fingerprint density at radius 2 is 2.09 bits per heavy atom. The largest absolute Gasteiger partial charge is 0.392 e. The number of pyridine rings is 1. The van der Waals surface area contributed by atoms with E-state index in [1.807, 2.05) is 20.8 Å². The van der Waals surface area contributed by atoms with Crippen molar-refractivity contribution in [2.24, 2.45) is 0 Å². The number of hydrogen-bond acceptors (Lipinski definition) is 4. The molecular formula is C16H27N3O3. The number of carbonyl (C=O) groups is 1. The van der Waals surface area contributed by atoms with Crippen molar-refractivity contribution in [3.63, 3.8) is 0 Å². The van der Waals surface area contributed by atoms with Crippen molar-refractivity contribution in [1.82, 2.24) is 9.88 Å². The minimum Gasteiger partial charge on any atom is -0.392 e. The molecule has 0 aliphatic carbocycles. The summed E-state index contributed by atoms with van der Waals surface area (Å²) in [5.41, 5.74) is 1.40. The molecule has 1 aromatic rings. The molecule has 0 aromatic carbocycles. The Bertz CT molecular complexity index is 466. The van der Waals surface area contributed by atoms with E-state index in [0.717, 1.165) is 6.42 Å². The van der Waals surface area contributed by atoms with Crippen LogP contribution in [0.15, 0.2) is 18.5 Å². The van der Waals surface area contributed by atoms with Gasteiger partial charge >= 0.3 is 6.03 Å². The van der Waals surface area contributed by atoms with Gasteiger partial charge in [0.1, 0.15) is 0 Å². The number of ether oxygens (including phenoxy) is 1. The summed E-state index contributed by atoms with van der Waals surface area (Å²) >= 11 is 0. The molecule has 0 aliphatic heterocycles. The van der Waals surface area contributed by atoms with Gasteiger partial charge in [0.05, 0.1) is 25.1 Å². The fourth-order valence-corrected chi connectivity index (χ4v) is 2.19. The van der Waals surface area contributed by atoms with Gasteiger partial charge in [-0.1, -0.05) is 6.92 Å². The predicted octanol–water partition coefficient (Wildman–Crippen LogP) is 2.27. The fraction of sp³-hybridized carbons (Fsp3) is 0.625. The van der Waals surface area contributed by atoms with Crippen molar-refractivity contribution >= 4 is 11.7 Å². The van der Waals surface area contributed by atoms with E-state index in [2.05, 4.69) is 4.98 Å². The van der Waals surface area contributed by atoms with Crippen LogP contribution in [0, 0.1) is 0 Å². The van der Waals surface area contributed by atoms with Crippen molar-refractivity contribution in [3.8, 4) is 0 Å². The van der Waals surface area contributed by atoms with Crippen molar-refractivity contribution in [1.29, 1.82) is 0 Å². The van der Waals surface area contributed by atoms with E-state index >= 15 is 0 Å². The summed E-state index contributed by atoms with van der Waals surface area (Å²) in [6.45, 7) is 7.55. The lowest BCUT2D eigenvalue weighted by atomic mass is 10.2. The summed E-state index contributed by atoms with van der Waals surface area (Å²) in [6, 6.07) is 1.82. The highest BCUT2D eigenvalue weighted by Gasteiger charge is 2.24. The number of carbonyl (C=O) groups excluding carboxylic acids is 1. The van der Waals surface area contributed by atoms with Gasteiger partial charge < -0.3 is 14.7 Å². The lowest BCUT2D eigenvalue weighted by Gasteiger charge is -2.33. The average molecular weight is 309 g/mol. The monoisotopic (exact) mass is 309 g/mol. The quantitative estimate of drug-likeness (QED) is 0.800. The van der Waals surface area contributed by atoms with Crippen molar-refractivity contribution in [2.75, 3.05) is 31.7 Å². The second kappa shape index (κ2) is 9.38. The van der Waals surface area contributed by atoms with Crippen LogP contribution >= 0.6 is 0 Å². The van der Waals surface area contributed by atoms with Crippen LogP contribution in [0.2, 0.25) is 0 Å². The Morgan fingerprint density at radius 1 is 1.36 bits per heavy atom. The van der Waals surface area contributed by atoms with Crippen LogP contribution in [0.1, 0.15) is 32.8 Å². The van der Waals surface area contributed by atoms with Gasteiger partial charge in [0.15, 0.2) is 0 Å². The maximum Gasteiger partial charge on any atom is 0.324 e. The van der Waals surface area contributed by atoms with E-state index in [1.165, 1.54) is 0 Å². The molecule has 0 atom stereocenters. The lowest BCUT2D eigenvalue weighted by molar-refractivity contribution is 0.139. The van der Waals surface area contributed by atoms with Gasteiger partial charge in [-0.2, -0.15) is 0 Å². The highest BCUT2D eigenvalue weighted by molar-refractivity contribution is 5.92. The molecule has 6 nitrogen and oxygen atoms in total. The molecule has 0 saturated heterocycles. The summed E-state index contributed by atoms with van der Waals surface area (Å²) in [4.78, 5) is 20.5. The van der Waals surface area contributed by atoms with Gasteiger partial charge in [0, 0.05) is 32.4 Å². The Labute approximate surface area is 132 Å². The minimum absolute atomic E-state index is 0.0641. The molecule has 1 N–H and O–H groups in total. The zero-order chi connectivity index (χ0) is 16.5. The highest BCUT2D eigenvalue weighted by atomic mass is 16.5. The van der Waals surface area contributed by atoms with Gasteiger partial charge in [-0.15, -0.1) is 0 Å². The number of hydrogen-bond donors (Lipinski definition) is 1. The molecule has 22 heavy (non-hydrogen) atoms. The molecular weight excluding hydrogens is 282 g/mol. The number of aliphatic hydroxyl groups is 1.